The molecule has 60 valence electrons. The topological polar surface area (TPSA) is 66.4 Å². The third-order valence-corrected chi connectivity index (χ3v) is 1.22. The summed E-state index contributed by atoms with van der Waals surface area (Å²) in [5.41, 5.74) is 0. The fraction of sp³-hybridized carbons (Fsp3) is 0.600. The van der Waals surface area contributed by atoms with Crippen molar-refractivity contribution >= 4 is 54.1 Å². The molecule has 0 radical (unpaired) electrons. The van der Waals surface area contributed by atoms with Crippen LogP contribution in [0.4, 0.5) is 0 Å². The van der Waals surface area contributed by atoms with Gasteiger partial charge in [0, 0.05) is 12.7 Å². The van der Waals surface area contributed by atoms with Crippen LogP contribution in [0.1, 0.15) is 6.92 Å². The molecule has 0 aliphatic heterocycles. The van der Waals surface area contributed by atoms with Crippen LogP contribution in [-0.4, -0.2) is 58.3 Å². The first-order valence-corrected chi connectivity index (χ1v) is 3.32. The van der Waals surface area contributed by atoms with Crippen molar-refractivity contribution in [2.24, 2.45) is 0 Å². The van der Waals surface area contributed by atoms with Crippen LogP contribution < -0.4 is 5.32 Å². The van der Waals surface area contributed by atoms with Gasteiger partial charge in [-0.1, -0.05) is 0 Å². The fourth-order valence-electron chi connectivity index (χ4n) is 0.431. The van der Waals surface area contributed by atoms with Gasteiger partial charge in [-0.05, 0) is 0 Å². The van der Waals surface area contributed by atoms with Gasteiger partial charge in [0.15, 0.2) is 0 Å². The number of carboxylic acids is 1. The molecule has 4 nitrogen and oxygen atoms in total. The Morgan fingerprint density at radius 1 is 1.64 bits per heavy atom. The van der Waals surface area contributed by atoms with E-state index in [1.165, 1.54) is 6.92 Å². The molecule has 0 saturated heterocycles. The fourth-order valence-corrected chi connectivity index (χ4v) is 0.678. The first-order valence-electron chi connectivity index (χ1n) is 2.68. The second-order valence-electron chi connectivity index (χ2n) is 1.77. The van der Waals surface area contributed by atoms with Gasteiger partial charge in [0.1, 0.15) is 6.04 Å². The molecule has 0 heterocycles. The number of carboxylic acid groups (broad SMARTS) is 1. The van der Waals surface area contributed by atoms with E-state index >= 15 is 0 Å². The number of aliphatic carboxylic acids is 1. The number of hydrogen-bond donors (Lipinski definition) is 3. The van der Waals surface area contributed by atoms with E-state index in [0.29, 0.717) is 0 Å². The Kier molecular flexibility index (Phi) is 8.77. The summed E-state index contributed by atoms with van der Waals surface area (Å²) >= 11 is 3.73. The van der Waals surface area contributed by atoms with Crippen molar-refractivity contribution < 1.29 is 14.7 Å². The van der Waals surface area contributed by atoms with Gasteiger partial charge >= 0.3 is 35.5 Å². The molecule has 0 aliphatic carbocycles. The van der Waals surface area contributed by atoms with Crippen LogP contribution in [0.3, 0.4) is 0 Å². The minimum absolute atomic E-state index is 0. The van der Waals surface area contributed by atoms with E-state index in [1.807, 2.05) is 0 Å². The van der Waals surface area contributed by atoms with Crippen LogP contribution in [0.15, 0.2) is 0 Å². The molecule has 2 N–H and O–H groups in total. The van der Waals surface area contributed by atoms with E-state index in [2.05, 4.69) is 17.9 Å². The van der Waals surface area contributed by atoms with Crippen molar-refractivity contribution in [3.05, 3.63) is 0 Å². The monoisotopic (exact) mass is 187 g/mol. The van der Waals surface area contributed by atoms with Crippen LogP contribution in [0.2, 0.25) is 0 Å². The van der Waals surface area contributed by atoms with Gasteiger partial charge in [0.05, 0.1) is 0 Å². The average Bonchev–Trinajstić information content (AvgIpc) is 1.81. The molecule has 1 amide bonds. The van der Waals surface area contributed by atoms with E-state index in [4.69, 9.17) is 5.11 Å². The maximum atomic E-state index is 10.3. The van der Waals surface area contributed by atoms with E-state index < -0.39 is 12.0 Å². The van der Waals surface area contributed by atoms with Crippen molar-refractivity contribution in [1.82, 2.24) is 5.32 Å². The Morgan fingerprint density at radius 3 is 2.18 bits per heavy atom. The van der Waals surface area contributed by atoms with Gasteiger partial charge in [0.2, 0.25) is 5.91 Å². The van der Waals surface area contributed by atoms with Crippen LogP contribution in [-0.2, 0) is 9.59 Å². The molecule has 1 atom stereocenters. The van der Waals surface area contributed by atoms with Crippen LogP contribution in [0.25, 0.3) is 0 Å². The Bertz CT molecular complexity index is 153. The Hall–Kier alpha value is 0.290. The SMILES string of the molecule is CC(=O)N[C@H](CS)C(=O)O.[NaH]. The van der Waals surface area contributed by atoms with Crippen LogP contribution in [0, 0.1) is 0 Å². The summed E-state index contributed by atoms with van der Waals surface area (Å²) in [4.78, 5) is 20.5. The zero-order valence-electron chi connectivity index (χ0n) is 5.50. The third kappa shape index (κ3) is 6.68. The molecule has 0 unspecified atom stereocenters. The number of carbonyl (C=O) groups excluding carboxylic acids is 1. The minimum atomic E-state index is -1.06. The molecule has 0 fully saturated rings. The molecule has 0 rings (SSSR count). The number of thiol groups is 1. The molecule has 0 aromatic rings. The molecule has 0 bridgehead atoms. The van der Waals surface area contributed by atoms with Crippen molar-refractivity contribution in [3.63, 3.8) is 0 Å². The summed E-state index contributed by atoms with van der Waals surface area (Å²) in [6.45, 7) is 1.26. The van der Waals surface area contributed by atoms with E-state index in [0.717, 1.165) is 0 Å². The first kappa shape index (κ1) is 13.9. The molecular weight excluding hydrogens is 177 g/mol. The van der Waals surface area contributed by atoms with Crippen LogP contribution in [0.5, 0.6) is 0 Å². The number of rotatable bonds is 3. The third-order valence-electron chi connectivity index (χ3n) is 0.858. The summed E-state index contributed by atoms with van der Waals surface area (Å²) < 4.78 is 0. The molecule has 0 aromatic heterocycles. The van der Waals surface area contributed by atoms with Gasteiger partial charge in [-0.25, -0.2) is 4.79 Å². The van der Waals surface area contributed by atoms with Crippen molar-refractivity contribution in [3.8, 4) is 0 Å². The molecule has 6 heteroatoms. The summed E-state index contributed by atoms with van der Waals surface area (Å²) in [6, 6.07) is -0.874. The quantitative estimate of drug-likeness (QED) is 0.386. The molecule has 0 spiro atoms. The average molecular weight is 187 g/mol. The summed E-state index contributed by atoms with van der Waals surface area (Å²) in [7, 11) is 0. The van der Waals surface area contributed by atoms with Gasteiger partial charge in [0.25, 0.3) is 0 Å². The van der Waals surface area contributed by atoms with Crippen molar-refractivity contribution in [1.29, 1.82) is 0 Å². The summed E-state index contributed by atoms with van der Waals surface area (Å²) in [6.07, 6.45) is 0. The zero-order valence-corrected chi connectivity index (χ0v) is 6.39. The number of nitrogens with one attached hydrogen (secondary N) is 1. The van der Waals surface area contributed by atoms with Crippen molar-refractivity contribution in [2.75, 3.05) is 5.75 Å². The Morgan fingerprint density at radius 2 is 2.09 bits per heavy atom. The Balaban J connectivity index is 0. The summed E-state index contributed by atoms with van der Waals surface area (Å²) in [5, 5.41) is 10.6. The van der Waals surface area contributed by atoms with E-state index in [-0.39, 0.29) is 41.2 Å². The number of carbonyl (C=O) groups is 2. The van der Waals surface area contributed by atoms with Crippen LogP contribution >= 0.6 is 12.6 Å². The standard InChI is InChI=1S/C5H9NO3S.Na.H/c1-3(7)6-4(2-10)5(8)9;;/h4,10H,2H2,1H3,(H,6,7)(H,8,9);;/t4-;;/m1../s1. The second kappa shape index (κ2) is 6.97. The number of amides is 1. The first-order chi connectivity index (χ1) is 4.57. The normalized spacial score (nSPS) is 11.1. The van der Waals surface area contributed by atoms with Gasteiger partial charge in [-0.15, -0.1) is 0 Å². The molecular formula is C5H10NNaO3S. The molecule has 11 heavy (non-hydrogen) atoms. The zero-order chi connectivity index (χ0) is 8.15. The van der Waals surface area contributed by atoms with Gasteiger partial charge in [-0.3, -0.25) is 4.79 Å². The number of hydrogen-bond acceptors (Lipinski definition) is 3. The molecule has 0 aliphatic rings. The predicted molar refractivity (Wildman–Crippen MR) is 46.2 cm³/mol. The van der Waals surface area contributed by atoms with Gasteiger partial charge in [-0.2, -0.15) is 12.6 Å². The second-order valence-corrected chi connectivity index (χ2v) is 2.14. The predicted octanol–water partition coefficient (Wildman–Crippen LogP) is -1.14. The van der Waals surface area contributed by atoms with E-state index in [1.54, 1.807) is 0 Å². The summed E-state index contributed by atoms with van der Waals surface area (Å²) in [5.74, 6) is -1.32. The molecule has 0 saturated carbocycles. The Labute approximate surface area is 92.4 Å². The van der Waals surface area contributed by atoms with Gasteiger partial charge < -0.3 is 10.4 Å². The van der Waals surface area contributed by atoms with Crippen molar-refractivity contribution in [2.45, 2.75) is 13.0 Å². The molecule has 0 aromatic carbocycles. The van der Waals surface area contributed by atoms with E-state index in [9.17, 15) is 9.59 Å². The maximum absolute atomic E-state index is 10.3.